The molecule has 0 aromatic carbocycles. The molecule has 3 rings (SSSR count). The van der Waals surface area contributed by atoms with Gasteiger partial charge in [-0.1, -0.05) is 5.16 Å². The zero-order valence-electron chi connectivity index (χ0n) is 14.4. The summed E-state index contributed by atoms with van der Waals surface area (Å²) < 4.78 is 12.8. The van der Waals surface area contributed by atoms with Crippen LogP contribution in [0.2, 0.25) is 0 Å². The van der Waals surface area contributed by atoms with Gasteiger partial charge >= 0.3 is 6.09 Å². The number of alkyl carbamates (subject to hydrolysis) is 1. The van der Waals surface area contributed by atoms with Crippen molar-refractivity contribution in [1.29, 1.82) is 0 Å². The minimum atomic E-state index is -0.544. The van der Waals surface area contributed by atoms with Crippen molar-refractivity contribution in [3.8, 4) is 0 Å². The Hall–Kier alpha value is -2.38. The van der Waals surface area contributed by atoms with Crippen molar-refractivity contribution in [2.24, 2.45) is 0 Å². The summed E-state index contributed by atoms with van der Waals surface area (Å²) in [5.74, 6) is 1.24. The van der Waals surface area contributed by atoms with Gasteiger partial charge in [-0.2, -0.15) is 4.98 Å². The Morgan fingerprint density at radius 3 is 3.04 bits per heavy atom. The van der Waals surface area contributed by atoms with E-state index in [1.807, 2.05) is 33.3 Å². The van der Waals surface area contributed by atoms with Gasteiger partial charge in [-0.3, -0.25) is 0 Å². The third-order valence-electron chi connectivity index (χ3n) is 3.90. The minimum Gasteiger partial charge on any atom is -0.444 e. The lowest BCUT2D eigenvalue weighted by molar-refractivity contribution is 0.0505. The van der Waals surface area contributed by atoms with E-state index in [1.165, 1.54) is 5.69 Å². The van der Waals surface area contributed by atoms with E-state index < -0.39 is 11.7 Å². The van der Waals surface area contributed by atoms with E-state index in [9.17, 15) is 4.79 Å². The van der Waals surface area contributed by atoms with Crippen LogP contribution >= 0.6 is 0 Å². The molecule has 2 aromatic heterocycles. The van der Waals surface area contributed by atoms with E-state index in [2.05, 4.69) is 25.0 Å². The van der Waals surface area contributed by atoms with Crippen molar-refractivity contribution < 1.29 is 14.1 Å². The zero-order valence-corrected chi connectivity index (χ0v) is 14.4. The fraction of sp³-hybridized carbons (Fsp3) is 0.625. The molecule has 0 saturated carbocycles. The van der Waals surface area contributed by atoms with Crippen molar-refractivity contribution in [1.82, 2.24) is 25.0 Å². The molecule has 0 radical (unpaired) electrons. The largest absolute Gasteiger partial charge is 0.444 e. The van der Waals surface area contributed by atoms with Crippen LogP contribution in [0.15, 0.2) is 17.0 Å². The molecular weight excluding hydrogens is 310 g/mol. The number of fused-ring (bicyclic) bond motifs is 1. The third kappa shape index (κ3) is 3.74. The van der Waals surface area contributed by atoms with Crippen LogP contribution in [0.4, 0.5) is 4.79 Å². The summed E-state index contributed by atoms with van der Waals surface area (Å²) in [5, 5.41) is 6.73. The fourth-order valence-corrected chi connectivity index (χ4v) is 2.72. The minimum absolute atomic E-state index is 0.184. The van der Waals surface area contributed by atoms with Gasteiger partial charge in [0.05, 0.1) is 12.4 Å². The van der Waals surface area contributed by atoms with Gasteiger partial charge in [-0.15, -0.1) is 0 Å². The van der Waals surface area contributed by atoms with Crippen LogP contribution in [0.5, 0.6) is 0 Å². The van der Waals surface area contributed by atoms with Crippen molar-refractivity contribution in [3.63, 3.8) is 0 Å². The summed E-state index contributed by atoms with van der Waals surface area (Å²) >= 11 is 0. The molecule has 0 unspecified atom stereocenters. The van der Waals surface area contributed by atoms with Crippen molar-refractivity contribution in [2.75, 3.05) is 0 Å². The Morgan fingerprint density at radius 2 is 2.29 bits per heavy atom. The summed E-state index contributed by atoms with van der Waals surface area (Å²) in [5.41, 5.74) is 0.628. The molecule has 8 heteroatoms. The maximum Gasteiger partial charge on any atom is 0.408 e. The Morgan fingerprint density at radius 1 is 1.50 bits per heavy atom. The van der Waals surface area contributed by atoms with Gasteiger partial charge in [-0.25, -0.2) is 9.78 Å². The molecular formula is C16H23N5O3. The molecule has 0 fully saturated rings. The number of nitrogens with zero attached hydrogens (tertiary/aromatic N) is 4. The number of carbonyl (C=O) groups excluding carboxylic acids is 1. The lowest BCUT2D eigenvalue weighted by Crippen LogP contribution is -2.34. The van der Waals surface area contributed by atoms with Crippen LogP contribution in [-0.2, 0) is 17.7 Å². The van der Waals surface area contributed by atoms with E-state index >= 15 is 0 Å². The van der Waals surface area contributed by atoms with Crippen LogP contribution in [0.3, 0.4) is 0 Å². The Labute approximate surface area is 140 Å². The smallest absolute Gasteiger partial charge is 0.408 e. The number of carbonyl (C=O) groups is 1. The summed E-state index contributed by atoms with van der Waals surface area (Å²) in [7, 11) is 0. The first-order valence-electron chi connectivity index (χ1n) is 8.14. The van der Waals surface area contributed by atoms with Crippen LogP contribution in [-0.4, -0.2) is 31.4 Å². The number of aromatic nitrogens is 4. The number of amides is 1. The van der Waals surface area contributed by atoms with Gasteiger partial charge in [0.15, 0.2) is 5.82 Å². The Balaban J connectivity index is 1.62. The summed E-state index contributed by atoms with van der Waals surface area (Å²) in [6.07, 6.45) is 4.98. The van der Waals surface area contributed by atoms with Crippen LogP contribution < -0.4 is 5.32 Å². The molecule has 0 bridgehead atoms. The van der Waals surface area contributed by atoms with Crippen LogP contribution in [0.1, 0.15) is 63.5 Å². The third-order valence-corrected chi connectivity index (χ3v) is 3.90. The zero-order chi connectivity index (χ0) is 17.3. The molecule has 2 atom stereocenters. The first-order chi connectivity index (χ1) is 11.3. The summed E-state index contributed by atoms with van der Waals surface area (Å²) in [6.45, 7) is 8.14. The van der Waals surface area contributed by atoms with Gasteiger partial charge in [0.2, 0.25) is 5.89 Å². The van der Waals surface area contributed by atoms with Gasteiger partial charge < -0.3 is 19.1 Å². The number of nitrogens with one attached hydrogen (secondary N) is 1. The lowest BCUT2D eigenvalue weighted by atomic mass is 9.96. The molecule has 2 aromatic rings. The highest BCUT2D eigenvalue weighted by atomic mass is 16.6. The van der Waals surface area contributed by atoms with Crippen molar-refractivity contribution in [2.45, 2.75) is 64.6 Å². The normalized spacial score (nSPS) is 18.8. The highest BCUT2D eigenvalue weighted by Gasteiger charge is 2.27. The Kier molecular flexibility index (Phi) is 4.29. The van der Waals surface area contributed by atoms with E-state index in [0.717, 1.165) is 19.4 Å². The molecule has 1 amide bonds. The van der Waals surface area contributed by atoms with Gasteiger partial charge in [0.25, 0.3) is 0 Å². The first-order valence-corrected chi connectivity index (χ1v) is 8.14. The van der Waals surface area contributed by atoms with E-state index in [0.29, 0.717) is 11.7 Å². The van der Waals surface area contributed by atoms with Crippen molar-refractivity contribution >= 4 is 6.09 Å². The monoisotopic (exact) mass is 333 g/mol. The molecule has 24 heavy (non-hydrogen) atoms. The van der Waals surface area contributed by atoms with Gasteiger partial charge in [0, 0.05) is 30.8 Å². The average molecular weight is 333 g/mol. The molecule has 1 aliphatic rings. The molecule has 0 saturated heterocycles. The lowest BCUT2D eigenvalue weighted by Gasteiger charge is -2.21. The number of hydrogen-bond donors (Lipinski definition) is 1. The van der Waals surface area contributed by atoms with Crippen LogP contribution in [0.25, 0.3) is 0 Å². The van der Waals surface area contributed by atoms with E-state index in [4.69, 9.17) is 9.26 Å². The fourth-order valence-electron chi connectivity index (χ4n) is 2.72. The second-order valence-electron chi connectivity index (χ2n) is 7.13. The van der Waals surface area contributed by atoms with E-state index in [1.54, 1.807) is 6.92 Å². The predicted octanol–water partition coefficient (Wildman–Crippen LogP) is 2.58. The SMILES string of the molecule is C[C@@H](NC(=O)OC(C)(C)C)c1noc([C@@H]2CCn3cncc3C2)n1. The topological polar surface area (TPSA) is 95.1 Å². The maximum absolute atomic E-state index is 11.8. The quantitative estimate of drug-likeness (QED) is 0.927. The maximum atomic E-state index is 11.8. The van der Waals surface area contributed by atoms with Gasteiger partial charge in [0.1, 0.15) is 5.60 Å². The first kappa shape index (κ1) is 16.5. The number of imidazole rings is 1. The standard InChI is InChI=1S/C16H23N5O3/c1-10(18-15(22)23-16(2,3)4)13-19-14(24-20-13)11-5-6-21-9-17-8-12(21)7-11/h8-11H,5-7H2,1-4H3,(H,18,22)/t10-,11-/m1/s1. The van der Waals surface area contributed by atoms with E-state index in [-0.39, 0.29) is 12.0 Å². The second-order valence-corrected chi connectivity index (χ2v) is 7.13. The van der Waals surface area contributed by atoms with Crippen molar-refractivity contribution in [3.05, 3.63) is 29.9 Å². The number of hydrogen-bond acceptors (Lipinski definition) is 6. The Bertz CT molecular complexity index is 715. The molecule has 0 aliphatic carbocycles. The molecule has 1 aliphatic heterocycles. The predicted molar refractivity (Wildman–Crippen MR) is 85.4 cm³/mol. The summed E-state index contributed by atoms with van der Waals surface area (Å²) in [4.78, 5) is 20.5. The molecule has 0 spiro atoms. The molecule has 1 N–H and O–H groups in total. The molecule has 130 valence electrons. The second kappa shape index (κ2) is 6.26. The summed E-state index contributed by atoms with van der Waals surface area (Å²) in [6, 6.07) is -0.383. The highest BCUT2D eigenvalue weighted by molar-refractivity contribution is 5.68. The number of aryl methyl sites for hydroxylation is 1. The average Bonchev–Trinajstić information content (AvgIpc) is 3.13. The highest BCUT2D eigenvalue weighted by Crippen LogP contribution is 2.28. The number of ether oxygens (including phenoxy) is 1. The number of rotatable bonds is 3. The molecule has 8 nitrogen and oxygen atoms in total. The van der Waals surface area contributed by atoms with Crippen LogP contribution in [0, 0.1) is 0 Å². The van der Waals surface area contributed by atoms with Gasteiger partial charge in [-0.05, 0) is 34.1 Å². The molecule has 3 heterocycles.